The van der Waals surface area contributed by atoms with Crippen LogP contribution >= 0.6 is 0 Å². The Labute approximate surface area is 309 Å². The van der Waals surface area contributed by atoms with Crippen LogP contribution in [-0.2, 0) is 39.4 Å². The molecule has 0 aliphatic heterocycles. The van der Waals surface area contributed by atoms with E-state index in [2.05, 4.69) is 96.8 Å². The summed E-state index contributed by atoms with van der Waals surface area (Å²) in [6.07, 6.45) is 15.5. The number of pyridine rings is 2. The van der Waals surface area contributed by atoms with E-state index in [-0.39, 0.29) is 20.1 Å². The molecule has 1 saturated carbocycles. The molecule has 253 valence electrons. The molecule has 0 amide bonds. The van der Waals surface area contributed by atoms with Crippen LogP contribution in [0.25, 0.3) is 44.5 Å². The molecule has 2 aliphatic rings. The zero-order chi connectivity index (χ0) is 33.0. The number of hydrogen-bond donors (Lipinski definition) is 0. The molecule has 4 aromatic carbocycles. The van der Waals surface area contributed by atoms with Crippen molar-refractivity contribution in [3.05, 3.63) is 155 Å². The van der Waals surface area contributed by atoms with Gasteiger partial charge >= 0.3 is 0 Å². The number of hydrogen-bond acceptors (Lipinski definition) is 3. The SMILES string of the molecule is CC(c1ccccc1)c1cccnc1-c1[c-]cc2c(c1)CCCC2.[Ir].[c-]1cc2oc3ccccc3c2cc1-c1cc(CC2CCCC2)ccn1. The van der Waals surface area contributed by atoms with Crippen LogP contribution in [0.2, 0.25) is 0 Å². The Balaban J connectivity index is 0.000000154. The second-order valence-electron chi connectivity index (χ2n) is 13.8. The fraction of sp³-hybridized carbons (Fsp3) is 0.261. The van der Waals surface area contributed by atoms with Crippen LogP contribution in [-0.4, -0.2) is 9.97 Å². The van der Waals surface area contributed by atoms with E-state index >= 15 is 0 Å². The van der Waals surface area contributed by atoms with Crippen LogP contribution in [0, 0.1) is 18.1 Å². The number of rotatable bonds is 6. The number of benzene rings is 4. The van der Waals surface area contributed by atoms with Gasteiger partial charge in [-0.15, -0.1) is 58.7 Å². The molecule has 1 radical (unpaired) electrons. The molecular formula is C46H42IrN2O-2. The van der Waals surface area contributed by atoms with Crippen molar-refractivity contribution >= 4 is 21.9 Å². The van der Waals surface area contributed by atoms with Crippen molar-refractivity contribution in [3.8, 4) is 22.5 Å². The second kappa shape index (κ2) is 15.7. The summed E-state index contributed by atoms with van der Waals surface area (Å²) in [5.41, 5.74) is 13.0. The van der Waals surface area contributed by atoms with Crippen molar-refractivity contribution in [3.63, 3.8) is 0 Å². The van der Waals surface area contributed by atoms with E-state index < -0.39 is 0 Å². The monoisotopic (exact) mass is 831 g/mol. The van der Waals surface area contributed by atoms with Gasteiger partial charge in [-0.25, -0.2) is 0 Å². The van der Waals surface area contributed by atoms with Crippen LogP contribution in [0.1, 0.15) is 79.2 Å². The Morgan fingerprint density at radius 2 is 1.48 bits per heavy atom. The third-order valence-corrected chi connectivity index (χ3v) is 10.5. The first kappa shape index (κ1) is 34.1. The molecule has 0 saturated heterocycles. The molecule has 2 aliphatic carbocycles. The molecule has 9 rings (SSSR count). The van der Waals surface area contributed by atoms with Gasteiger partial charge in [0.15, 0.2) is 0 Å². The zero-order valence-corrected chi connectivity index (χ0v) is 31.0. The van der Waals surface area contributed by atoms with Crippen molar-refractivity contribution in [1.29, 1.82) is 0 Å². The van der Waals surface area contributed by atoms with Gasteiger partial charge in [0.05, 0.1) is 5.58 Å². The number of furan rings is 1. The minimum Gasteiger partial charge on any atom is -0.500 e. The van der Waals surface area contributed by atoms with Crippen LogP contribution in [0.4, 0.5) is 0 Å². The Morgan fingerprint density at radius 1 is 0.700 bits per heavy atom. The van der Waals surface area contributed by atoms with E-state index in [1.807, 2.05) is 42.7 Å². The minimum atomic E-state index is 0. The standard InChI is InChI=1S/C23H20NO.C23H22N.Ir/c1-2-6-16(5-1)13-17-11-12-24-21(14-17)18-9-10-23-20(15-18)19-7-3-4-8-22(19)25-23;1-17(18-8-3-2-4-9-18)22-12-7-15-24-23(22)21-14-13-19-10-5-6-11-20(19)16-21;/h3-4,7-8,10-12,14-16H,1-2,5-6,13H2;2-4,7-9,12-13,15-17H,5-6,10-11H2,1H3;/q2*-1;. The van der Waals surface area contributed by atoms with Crippen LogP contribution < -0.4 is 0 Å². The van der Waals surface area contributed by atoms with E-state index in [1.165, 1.54) is 85.6 Å². The number of aromatic nitrogens is 2. The Hall–Kier alpha value is -4.37. The van der Waals surface area contributed by atoms with Crippen molar-refractivity contribution in [1.82, 2.24) is 9.97 Å². The van der Waals surface area contributed by atoms with Crippen molar-refractivity contribution in [2.24, 2.45) is 5.92 Å². The molecule has 0 N–H and O–H groups in total. The van der Waals surface area contributed by atoms with E-state index in [0.29, 0.717) is 5.92 Å². The zero-order valence-electron chi connectivity index (χ0n) is 28.6. The number of aryl methyl sites for hydroxylation is 2. The maximum Gasteiger partial charge on any atom is 0.120 e. The number of fused-ring (bicyclic) bond motifs is 4. The molecule has 0 bridgehead atoms. The summed E-state index contributed by atoms with van der Waals surface area (Å²) in [5, 5.41) is 2.28. The molecule has 50 heavy (non-hydrogen) atoms. The average molecular weight is 831 g/mol. The van der Waals surface area contributed by atoms with Gasteiger partial charge in [0.25, 0.3) is 0 Å². The first-order valence-corrected chi connectivity index (χ1v) is 18.0. The quantitative estimate of drug-likeness (QED) is 0.157. The van der Waals surface area contributed by atoms with E-state index in [9.17, 15) is 0 Å². The summed E-state index contributed by atoms with van der Waals surface area (Å²) in [4.78, 5) is 9.31. The summed E-state index contributed by atoms with van der Waals surface area (Å²) < 4.78 is 5.90. The first-order chi connectivity index (χ1) is 24.2. The molecule has 1 atom stereocenters. The van der Waals surface area contributed by atoms with Gasteiger partial charge < -0.3 is 14.4 Å². The molecule has 0 spiro atoms. The Kier molecular flexibility index (Phi) is 10.7. The maximum absolute atomic E-state index is 5.90. The summed E-state index contributed by atoms with van der Waals surface area (Å²) in [5.74, 6) is 1.17. The molecule has 4 heteroatoms. The number of para-hydroxylation sites is 1. The topological polar surface area (TPSA) is 38.9 Å². The van der Waals surface area contributed by atoms with Gasteiger partial charge in [0.1, 0.15) is 5.58 Å². The maximum atomic E-state index is 5.90. The third-order valence-electron chi connectivity index (χ3n) is 10.5. The molecule has 1 fully saturated rings. The van der Waals surface area contributed by atoms with E-state index in [1.54, 1.807) is 0 Å². The molecule has 1 unspecified atom stereocenters. The van der Waals surface area contributed by atoms with Gasteiger partial charge in [-0.05, 0) is 59.8 Å². The fourth-order valence-electron chi connectivity index (χ4n) is 7.83. The normalized spacial score (nSPS) is 14.8. The van der Waals surface area contributed by atoms with Gasteiger partial charge in [-0.3, -0.25) is 0 Å². The Morgan fingerprint density at radius 3 is 2.34 bits per heavy atom. The van der Waals surface area contributed by atoms with Crippen molar-refractivity contribution in [2.45, 2.75) is 70.6 Å². The Bertz CT molecular complexity index is 2200. The van der Waals surface area contributed by atoms with Gasteiger partial charge in [-0.2, -0.15) is 0 Å². The van der Waals surface area contributed by atoms with Crippen molar-refractivity contribution in [2.75, 3.05) is 0 Å². The average Bonchev–Trinajstić information content (AvgIpc) is 3.82. The largest absolute Gasteiger partial charge is 0.500 e. The molecule has 7 aromatic rings. The van der Waals surface area contributed by atoms with Gasteiger partial charge in [-0.1, -0.05) is 129 Å². The number of nitrogens with zero attached hydrogens (tertiary/aromatic N) is 2. The van der Waals surface area contributed by atoms with E-state index in [0.717, 1.165) is 50.4 Å². The molecule has 3 heterocycles. The molecule has 3 aromatic heterocycles. The van der Waals surface area contributed by atoms with Crippen LogP contribution in [0.3, 0.4) is 0 Å². The predicted molar refractivity (Wildman–Crippen MR) is 201 cm³/mol. The van der Waals surface area contributed by atoms with Crippen LogP contribution in [0.15, 0.2) is 120 Å². The summed E-state index contributed by atoms with van der Waals surface area (Å²) in [6, 6.07) is 42.9. The summed E-state index contributed by atoms with van der Waals surface area (Å²) in [6.45, 7) is 2.26. The smallest absolute Gasteiger partial charge is 0.120 e. The van der Waals surface area contributed by atoms with Gasteiger partial charge in [0, 0.05) is 37.9 Å². The molecule has 3 nitrogen and oxygen atoms in total. The minimum absolute atomic E-state index is 0. The van der Waals surface area contributed by atoms with Crippen LogP contribution in [0.5, 0.6) is 0 Å². The summed E-state index contributed by atoms with van der Waals surface area (Å²) in [7, 11) is 0. The van der Waals surface area contributed by atoms with Gasteiger partial charge in [0.2, 0.25) is 0 Å². The predicted octanol–water partition coefficient (Wildman–Crippen LogP) is 11.8. The van der Waals surface area contributed by atoms with Crippen molar-refractivity contribution < 1.29 is 24.5 Å². The third kappa shape index (κ3) is 7.38. The van der Waals surface area contributed by atoms with E-state index in [4.69, 9.17) is 9.40 Å². The first-order valence-electron chi connectivity index (χ1n) is 18.0. The summed E-state index contributed by atoms with van der Waals surface area (Å²) >= 11 is 0. The fourth-order valence-corrected chi connectivity index (χ4v) is 7.83. The second-order valence-corrected chi connectivity index (χ2v) is 13.8. The molecular weight excluding hydrogens is 789 g/mol.